The molecule has 1 rings (SSSR count). The standard InChI is InChI=1S/C13H20N2O/c1-4-9-15(3)10-13(16)14-12-7-5-11(2)6-8-12/h5-8H,4,9-10H2,1-3H3,(H,14,16). The number of aryl methyl sites for hydroxylation is 1. The van der Waals surface area contributed by atoms with Crippen molar-refractivity contribution in [3.05, 3.63) is 29.8 Å². The molecule has 0 bridgehead atoms. The van der Waals surface area contributed by atoms with Crippen molar-refractivity contribution < 1.29 is 4.79 Å². The van der Waals surface area contributed by atoms with E-state index in [9.17, 15) is 4.79 Å². The van der Waals surface area contributed by atoms with E-state index in [1.165, 1.54) is 5.56 Å². The highest BCUT2D eigenvalue weighted by molar-refractivity contribution is 5.92. The first-order valence-corrected chi connectivity index (χ1v) is 5.67. The Balaban J connectivity index is 2.42. The molecule has 0 atom stereocenters. The zero-order valence-corrected chi connectivity index (χ0v) is 10.3. The fraction of sp³-hybridized carbons (Fsp3) is 0.462. The second kappa shape index (κ2) is 6.28. The minimum absolute atomic E-state index is 0.0415. The number of anilines is 1. The van der Waals surface area contributed by atoms with Crippen molar-refractivity contribution in [2.45, 2.75) is 20.3 Å². The number of amides is 1. The lowest BCUT2D eigenvalue weighted by molar-refractivity contribution is -0.117. The molecule has 1 N–H and O–H groups in total. The van der Waals surface area contributed by atoms with Crippen LogP contribution in [0.2, 0.25) is 0 Å². The molecule has 1 aromatic carbocycles. The zero-order chi connectivity index (χ0) is 12.0. The van der Waals surface area contributed by atoms with Crippen LogP contribution in [0.4, 0.5) is 5.69 Å². The summed E-state index contributed by atoms with van der Waals surface area (Å²) in [4.78, 5) is 13.6. The van der Waals surface area contributed by atoms with Crippen LogP contribution >= 0.6 is 0 Å². The molecule has 0 aliphatic carbocycles. The molecule has 0 aromatic heterocycles. The van der Waals surface area contributed by atoms with Gasteiger partial charge in [0.25, 0.3) is 0 Å². The summed E-state index contributed by atoms with van der Waals surface area (Å²) in [6.07, 6.45) is 1.06. The van der Waals surface area contributed by atoms with Gasteiger partial charge in [0.15, 0.2) is 0 Å². The fourth-order valence-corrected chi connectivity index (χ4v) is 1.54. The monoisotopic (exact) mass is 220 g/mol. The molecule has 0 heterocycles. The number of rotatable bonds is 5. The Labute approximate surface area is 97.5 Å². The SMILES string of the molecule is CCCN(C)CC(=O)Nc1ccc(C)cc1. The topological polar surface area (TPSA) is 32.3 Å². The van der Waals surface area contributed by atoms with Crippen molar-refractivity contribution in [1.82, 2.24) is 4.90 Å². The summed E-state index contributed by atoms with van der Waals surface area (Å²) in [6, 6.07) is 7.83. The van der Waals surface area contributed by atoms with E-state index in [-0.39, 0.29) is 5.91 Å². The molecule has 0 aliphatic heterocycles. The average molecular weight is 220 g/mol. The molecule has 0 radical (unpaired) electrons. The van der Waals surface area contributed by atoms with Crippen LogP contribution in [0.5, 0.6) is 0 Å². The molecule has 0 fully saturated rings. The maximum Gasteiger partial charge on any atom is 0.238 e. The van der Waals surface area contributed by atoms with E-state index >= 15 is 0 Å². The van der Waals surface area contributed by atoms with Crippen LogP contribution in [-0.2, 0) is 4.79 Å². The minimum Gasteiger partial charge on any atom is -0.325 e. The van der Waals surface area contributed by atoms with Gasteiger partial charge in [-0.25, -0.2) is 0 Å². The van der Waals surface area contributed by atoms with Gasteiger partial charge >= 0.3 is 0 Å². The normalized spacial score (nSPS) is 10.5. The first-order valence-electron chi connectivity index (χ1n) is 5.67. The number of benzene rings is 1. The molecule has 3 nitrogen and oxygen atoms in total. The van der Waals surface area contributed by atoms with Crippen LogP contribution in [-0.4, -0.2) is 30.9 Å². The first-order chi connectivity index (χ1) is 7.61. The van der Waals surface area contributed by atoms with E-state index in [1.807, 2.05) is 43.1 Å². The molecule has 0 unspecified atom stereocenters. The van der Waals surface area contributed by atoms with E-state index in [0.717, 1.165) is 18.7 Å². The molecule has 0 spiro atoms. The Morgan fingerprint density at radius 1 is 1.31 bits per heavy atom. The number of hydrogen-bond donors (Lipinski definition) is 1. The Morgan fingerprint density at radius 2 is 1.94 bits per heavy atom. The lowest BCUT2D eigenvalue weighted by Crippen LogP contribution is -2.30. The third kappa shape index (κ3) is 4.45. The molecule has 16 heavy (non-hydrogen) atoms. The highest BCUT2D eigenvalue weighted by Crippen LogP contribution is 2.08. The average Bonchev–Trinajstić information content (AvgIpc) is 2.21. The van der Waals surface area contributed by atoms with Gasteiger partial charge in [-0.15, -0.1) is 0 Å². The second-order valence-corrected chi connectivity index (χ2v) is 4.15. The van der Waals surface area contributed by atoms with Crippen LogP contribution in [0.25, 0.3) is 0 Å². The highest BCUT2D eigenvalue weighted by Gasteiger charge is 2.05. The number of hydrogen-bond acceptors (Lipinski definition) is 2. The number of nitrogens with zero attached hydrogens (tertiary/aromatic N) is 1. The Morgan fingerprint density at radius 3 is 2.50 bits per heavy atom. The summed E-state index contributed by atoms with van der Waals surface area (Å²) < 4.78 is 0. The quantitative estimate of drug-likeness (QED) is 0.825. The zero-order valence-electron chi connectivity index (χ0n) is 10.3. The fourth-order valence-electron chi connectivity index (χ4n) is 1.54. The van der Waals surface area contributed by atoms with Gasteiger partial charge in [-0.3, -0.25) is 9.69 Å². The second-order valence-electron chi connectivity index (χ2n) is 4.15. The van der Waals surface area contributed by atoms with Gasteiger partial charge in [0.2, 0.25) is 5.91 Å². The summed E-state index contributed by atoms with van der Waals surface area (Å²) in [6.45, 7) is 5.53. The summed E-state index contributed by atoms with van der Waals surface area (Å²) in [7, 11) is 1.96. The van der Waals surface area contributed by atoms with Crippen LogP contribution in [0.15, 0.2) is 24.3 Å². The molecular formula is C13H20N2O. The van der Waals surface area contributed by atoms with Crippen molar-refractivity contribution in [3.8, 4) is 0 Å². The van der Waals surface area contributed by atoms with Gasteiger partial charge in [-0.2, -0.15) is 0 Å². The third-order valence-corrected chi connectivity index (χ3v) is 2.35. The maximum atomic E-state index is 11.6. The van der Waals surface area contributed by atoms with Crippen LogP contribution < -0.4 is 5.32 Å². The van der Waals surface area contributed by atoms with Crippen molar-refractivity contribution in [2.75, 3.05) is 25.5 Å². The summed E-state index contributed by atoms with van der Waals surface area (Å²) in [5, 5.41) is 2.88. The minimum atomic E-state index is 0.0415. The number of likely N-dealkylation sites (N-methyl/N-ethyl adjacent to an activating group) is 1. The van der Waals surface area contributed by atoms with Crippen molar-refractivity contribution >= 4 is 11.6 Å². The van der Waals surface area contributed by atoms with Crippen LogP contribution in [0, 0.1) is 6.92 Å². The van der Waals surface area contributed by atoms with Gasteiger partial charge in [0.1, 0.15) is 0 Å². The predicted octanol–water partition coefficient (Wildman–Crippen LogP) is 2.28. The first kappa shape index (κ1) is 12.7. The van der Waals surface area contributed by atoms with Gasteiger partial charge < -0.3 is 5.32 Å². The van der Waals surface area contributed by atoms with Gasteiger partial charge in [0.05, 0.1) is 6.54 Å². The van der Waals surface area contributed by atoms with E-state index < -0.39 is 0 Å². The third-order valence-electron chi connectivity index (χ3n) is 2.35. The molecule has 0 aliphatic rings. The van der Waals surface area contributed by atoms with E-state index in [1.54, 1.807) is 0 Å². The Hall–Kier alpha value is -1.35. The van der Waals surface area contributed by atoms with Gasteiger partial charge in [-0.05, 0) is 39.1 Å². The molecule has 0 saturated heterocycles. The van der Waals surface area contributed by atoms with Gasteiger partial charge in [0, 0.05) is 5.69 Å². The van der Waals surface area contributed by atoms with Gasteiger partial charge in [-0.1, -0.05) is 24.6 Å². The maximum absolute atomic E-state index is 11.6. The Bertz CT molecular complexity index is 332. The van der Waals surface area contributed by atoms with Crippen molar-refractivity contribution in [2.24, 2.45) is 0 Å². The molecule has 1 amide bonds. The number of nitrogens with one attached hydrogen (secondary N) is 1. The molecular weight excluding hydrogens is 200 g/mol. The molecule has 1 aromatic rings. The van der Waals surface area contributed by atoms with Crippen LogP contribution in [0.3, 0.4) is 0 Å². The number of carbonyl (C=O) groups excluding carboxylic acids is 1. The van der Waals surface area contributed by atoms with E-state index in [0.29, 0.717) is 6.54 Å². The molecule has 0 saturated carbocycles. The number of carbonyl (C=O) groups is 1. The molecule has 3 heteroatoms. The Kier molecular flexibility index (Phi) is 4.99. The highest BCUT2D eigenvalue weighted by atomic mass is 16.2. The van der Waals surface area contributed by atoms with Crippen molar-refractivity contribution in [1.29, 1.82) is 0 Å². The smallest absolute Gasteiger partial charge is 0.238 e. The largest absolute Gasteiger partial charge is 0.325 e. The summed E-state index contributed by atoms with van der Waals surface area (Å²) >= 11 is 0. The summed E-state index contributed by atoms with van der Waals surface area (Å²) in [5.41, 5.74) is 2.06. The lowest BCUT2D eigenvalue weighted by atomic mass is 10.2. The lowest BCUT2D eigenvalue weighted by Gasteiger charge is -2.14. The molecule has 88 valence electrons. The van der Waals surface area contributed by atoms with E-state index in [4.69, 9.17) is 0 Å². The predicted molar refractivity (Wildman–Crippen MR) is 67.6 cm³/mol. The van der Waals surface area contributed by atoms with Crippen LogP contribution in [0.1, 0.15) is 18.9 Å². The summed E-state index contributed by atoms with van der Waals surface area (Å²) in [5.74, 6) is 0.0415. The van der Waals surface area contributed by atoms with E-state index in [2.05, 4.69) is 12.2 Å². The van der Waals surface area contributed by atoms with Crippen molar-refractivity contribution in [3.63, 3.8) is 0 Å².